The molecule has 7 nitrogen and oxygen atoms in total. The minimum atomic E-state index is -1.25. The van der Waals surface area contributed by atoms with Crippen LogP contribution < -0.4 is 10.1 Å². The number of imidazole rings is 1. The smallest absolute Gasteiger partial charge is 0.330 e. The van der Waals surface area contributed by atoms with Gasteiger partial charge in [-0.3, -0.25) is 9.20 Å². The predicted octanol–water partition coefficient (Wildman–Crippen LogP) is 3.18. The minimum absolute atomic E-state index is 0.199. The highest BCUT2D eigenvalue weighted by Crippen LogP contribution is 2.24. The summed E-state index contributed by atoms with van der Waals surface area (Å²) in [5, 5.41) is 2.62. The van der Waals surface area contributed by atoms with Crippen molar-refractivity contribution < 1.29 is 27.8 Å². The molecule has 0 atom stereocenters. The number of rotatable bonds is 6. The van der Waals surface area contributed by atoms with Crippen LogP contribution in [0.3, 0.4) is 0 Å². The lowest BCUT2D eigenvalue weighted by Crippen LogP contribution is -2.50. The molecule has 1 N–H and O–H groups in total. The van der Waals surface area contributed by atoms with Gasteiger partial charge in [-0.05, 0) is 45.0 Å². The van der Waals surface area contributed by atoms with Gasteiger partial charge >= 0.3 is 5.97 Å². The summed E-state index contributed by atoms with van der Waals surface area (Å²) in [7, 11) is 1.23. The van der Waals surface area contributed by atoms with Gasteiger partial charge in [0.05, 0.1) is 18.4 Å². The highest BCUT2D eigenvalue weighted by atomic mass is 19.1. The molecular formula is C21H21F2N3O4. The van der Waals surface area contributed by atoms with Crippen molar-refractivity contribution >= 4 is 17.5 Å². The van der Waals surface area contributed by atoms with Crippen LogP contribution in [0.25, 0.3) is 5.65 Å². The maximum absolute atomic E-state index is 13.9. The first-order valence-corrected chi connectivity index (χ1v) is 9.10. The molecule has 0 aliphatic heterocycles. The third kappa shape index (κ3) is 3.96. The van der Waals surface area contributed by atoms with Crippen LogP contribution >= 0.6 is 0 Å². The van der Waals surface area contributed by atoms with E-state index in [2.05, 4.69) is 10.3 Å². The molecule has 0 saturated carbocycles. The SMILES string of the molecule is COC(=O)C(C)(C)NC(=O)c1c(C)nc2c(OCc3c(F)cccc3F)cccn12. The fourth-order valence-corrected chi connectivity index (χ4v) is 3.01. The van der Waals surface area contributed by atoms with Gasteiger partial charge in [-0.15, -0.1) is 0 Å². The van der Waals surface area contributed by atoms with Crippen LogP contribution in [0.5, 0.6) is 5.75 Å². The summed E-state index contributed by atoms with van der Waals surface area (Å²) in [6.07, 6.45) is 1.60. The summed E-state index contributed by atoms with van der Waals surface area (Å²) in [6, 6.07) is 6.76. The van der Waals surface area contributed by atoms with Crippen molar-refractivity contribution in [1.29, 1.82) is 0 Å². The first-order chi connectivity index (χ1) is 14.2. The number of amides is 1. The number of fused-ring (bicyclic) bond motifs is 1. The molecule has 0 unspecified atom stereocenters. The van der Waals surface area contributed by atoms with Gasteiger partial charge in [0, 0.05) is 6.20 Å². The van der Waals surface area contributed by atoms with Gasteiger partial charge in [-0.2, -0.15) is 0 Å². The molecule has 0 saturated heterocycles. The van der Waals surface area contributed by atoms with E-state index in [1.807, 2.05) is 0 Å². The lowest BCUT2D eigenvalue weighted by molar-refractivity contribution is -0.146. The Morgan fingerprint density at radius 2 is 1.83 bits per heavy atom. The summed E-state index contributed by atoms with van der Waals surface area (Å²) in [4.78, 5) is 29.1. The van der Waals surface area contributed by atoms with Gasteiger partial charge in [0.15, 0.2) is 11.4 Å². The number of ether oxygens (including phenoxy) is 2. The molecule has 3 rings (SSSR count). The van der Waals surface area contributed by atoms with E-state index >= 15 is 0 Å². The molecular weight excluding hydrogens is 396 g/mol. The molecule has 1 amide bonds. The van der Waals surface area contributed by atoms with Crippen LogP contribution in [0.15, 0.2) is 36.5 Å². The molecule has 158 valence electrons. The Hall–Kier alpha value is -3.49. The zero-order chi connectivity index (χ0) is 22.1. The Labute approximate surface area is 171 Å². The second-order valence-electron chi connectivity index (χ2n) is 7.17. The second-order valence-corrected chi connectivity index (χ2v) is 7.17. The summed E-state index contributed by atoms with van der Waals surface area (Å²) in [5.41, 5.74) is -0.571. The maximum Gasteiger partial charge on any atom is 0.330 e. The van der Waals surface area contributed by atoms with Crippen molar-refractivity contribution in [3.05, 3.63) is 65.1 Å². The zero-order valence-corrected chi connectivity index (χ0v) is 17.0. The molecule has 0 fully saturated rings. The van der Waals surface area contributed by atoms with Crippen LogP contribution in [-0.4, -0.2) is 33.9 Å². The first-order valence-electron chi connectivity index (χ1n) is 9.10. The van der Waals surface area contributed by atoms with Gasteiger partial charge in [-0.25, -0.2) is 18.6 Å². The van der Waals surface area contributed by atoms with Crippen LogP contribution in [0.2, 0.25) is 0 Å². The van der Waals surface area contributed by atoms with E-state index in [1.54, 1.807) is 25.3 Å². The molecule has 0 aliphatic carbocycles. The molecule has 0 radical (unpaired) electrons. The number of nitrogens with zero attached hydrogens (tertiary/aromatic N) is 2. The molecule has 2 aromatic heterocycles. The van der Waals surface area contributed by atoms with Crippen molar-refractivity contribution in [2.75, 3.05) is 7.11 Å². The van der Waals surface area contributed by atoms with Crippen molar-refractivity contribution in [2.24, 2.45) is 0 Å². The van der Waals surface area contributed by atoms with Gasteiger partial charge in [0.1, 0.15) is 29.5 Å². The number of pyridine rings is 1. The van der Waals surface area contributed by atoms with Crippen molar-refractivity contribution in [3.8, 4) is 5.75 Å². The molecule has 0 aliphatic rings. The van der Waals surface area contributed by atoms with Gasteiger partial charge in [0.25, 0.3) is 5.91 Å². The number of halogens is 2. The number of aryl methyl sites for hydroxylation is 1. The number of carbonyl (C=O) groups excluding carboxylic acids is 2. The summed E-state index contributed by atoms with van der Waals surface area (Å²) in [6.45, 7) is 4.33. The average molecular weight is 417 g/mol. The van der Waals surface area contributed by atoms with E-state index in [1.165, 1.54) is 31.4 Å². The van der Waals surface area contributed by atoms with Crippen molar-refractivity contribution in [2.45, 2.75) is 32.9 Å². The summed E-state index contributed by atoms with van der Waals surface area (Å²) in [5.74, 6) is -2.32. The second kappa shape index (κ2) is 8.10. The van der Waals surface area contributed by atoms with E-state index < -0.39 is 29.0 Å². The highest BCUT2D eigenvalue weighted by molar-refractivity contribution is 5.98. The number of hydrogen-bond acceptors (Lipinski definition) is 5. The highest BCUT2D eigenvalue weighted by Gasteiger charge is 2.32. The van der Waals surface area contributed by atoms with Gasteiger partial charge < -0.3 is 14.8 Å². The molecule has 30 heavy (non-hydrogen) atoms. The lowest BCUT2D eigenvalue weighted by Gasteiger charge is -2.23. The molecule has 2 heterocycles. The number of methoxy groups -OCH3 is 1. The quantitative estimate of drug-likeness (QED) is 0.623. The van der Waals surface area contributed by atoms with E-state index in [9.17, 15) is 18.4 Å². The van der Waals surface area contributed by atoms with Gasteiger partial charge in [0.2, 0.25) is 0 Å². The Kier molecular flexibility index (Phi) is 5.73. The Morgan fingerprint density at radius 1 is 1.17 bits per heavy atom. The summed E-state index contributed by atoms with van der Waals surface area (Å²) >= 11 is 0. The third-order valence-corrected chi connectivity index (χ3v) is 4.56. The van der Waals surface area contributed by atoms with Gasteiger partial charge in [-0.1, -0.05) is 6.07 Å². The van der Waals surface area contributed by atoms with E-state index in [4.69, 9.17) is 9.47 Å². The van der Waals surface area contributed by atoms with E-state index in [0.717, 1.165) is 12.1 Å². The van der Waals surface area contributed by atoms with Crippen LogP contribution in [0.1, 0.15) is 35.6 Å². The largest absolute Gasteiger partial charge is 0.485 e. The maximum atomic E-state index is 13.9. The Morgan fingerprint density at radius 3 is 2.47 bits per heavy atom. The molecule has 0 bridgehead atoms. The number of benzene rings is 1. The predicted molar refractivity (Wildman–Crippen MR) is 104 cm³/mol. The molecule has 1 aromatic carbocycles. The first kappa shape index (κ1) is 21.2. The van der Waals surface area contributed by atoms with E-state index in [0.29, 0.717) is 11.3 Å². The number of carbonyl (C=O) groups is 2. The Bertz CT molecular complexity index is 1100. The molecule has 0 spiro atoms. The third-order valence-electron chi connectivity index (χ3n) is 4.56. The average Bonchev–Trinajstić information content (AvgIpc) is 3.03. The van der Waals surface area contributed by atoms with Crippen molar-refractivity contribution in [3.63, 3.8) is 0 Å². The van der Waals surface area contributed by atoms with Crippen LogP contribution in [0, 0.1) is 18.6 Å². The fourth-order valence-electron chi connectivity index (χ4n) is 3.01. The number of hydrogen-bond donors (Lipinski definition) is 1. The standard InChI is InChI=1S/C21H21F2N3O4/c1-12-17(19(27)25-21(2,3)20(28)29-4)26-10-6-9-16(18(26)24-12)30-11-13-14(22)7-5-8-15(13)23/h5-10H,11H2,1-4H3,(H,25,27). The number of aromatic nitrogens is 2. The normalized spacial score (nSPS) is 11.4. The van der Waals surface area contributed by atoms with E-state index in [-0.39, 0.29) is 23.6 Å². The molecule has 9 heteroatoms. The monoisotopic (exact) mass is 417 g/mol. The van der Waals surface area contributed by atoms with Crippen LogP contribution in [-0.2, 0) is 16.1 Å². The Balaban J connectivity index is 1.92. The number of esters is 1. The lowest BCUT2D eigenvalue weighted by atomic mass is 10.1. The fraction of sp³-hybridized carbons (Fsp3) is 0.286. The molecule has 3 aromatic rings. The topological polar surface area (TPSA) is 81.9 Å². The van der Waals surface area contributed by atoms with Crippen LogP contribution in [0.4, 0.5) is 8.78 Å². The van der Waals surface area contributed by atoms with Crippen molar-refractivity contribution in [1.82, 2.24) is 14.7 Å². The minimum Gasteiger partial charge on any atom is -0.485 e. The number of nitrogens with one attached hydrogen (secondary N) is 1. The summed E-state index contributed by atoms with van der Waals surface area (Å²) < 4.78 is 39.5. The zero-order valence-electron chi connectivity index (χ0n) is 17.0.